The van der Waals surface area contributed by atoms with Crippen LogP contribution < -0.4 is 5.32 Å². The molecule has 1 fully saturated rings. The van der Waals surface area contributed by atoms with Crippen LogP contribution in [0.15, 0.2) is 18.2 Å². The molecule has 1 aliphatic heterocycles. The molecule has 0 aliphatic carbocycles. The zero-order valence-electron chi connectivity index (χ0n) is 13.0. The predicted octanol–water partition coefficient (Wildman–Crippen LogP) is 2.72. The zero-order chi connectivity index (χ0) is 15.5. The Hall–Kier alpha value is -0.680. The van der Waals surface area contributed by atoms with Gasteiger partial charge in [-0.05, 0) is 39.4 Å². The average molecular weight is 315 g/mol. The molecule has 21 heavy (non-hydrogen) atoms. The van der Waals surface area contributed by atoms with E-state index in [0.717, 1.165) is 26.3 Å². The van der Waals surface area contributed by atoms with Crippen LogP contribution in [0.5, 0.6) is 0 Å². The first-order valence-electron chi connectivity index (χ1n) is 7.39. The van der Waals surface area contributed by atoms with E-state index >= 15 is 0 Å². The van der Waals surface area contributed by atoms with Crippen molar-refractivity contribution in [3.63, 3.8) is 0 Å². The number of benzene rings is 1. The van der Waals surface area contributed by atoms with Crippen molar-refractivity contribution in [2.24, 2.45) is 0 Å². The molecule has 2 rings (SSSR count). The summed E-state index contributed by atoms with van der Waals surface area (Å²) in [6.07, 6.45) is 0.562. The van der Waals surface area contributed by atoms with Crippen LogP contribution in [0.1, 0.15) is 19.4 Å². The van der Waals surface area contributed by atoms with E-state index in [1.807, 2.05) is 7.05 Å². The number of hydrogen-bond donors (Lipinski definition) is 1. The third kappa shape index (κ3) is 3.75. The summed E-state index contributed by atoms with van der Waals surface area (Å²) in [5, 5.41) is 3.83. The Morgan fingerprint density at radius 2 is 2.05 bits per heavy atom. The molecule has 1 aromatic rings. The van der Waals surface area contributed by atoms with E-state index in [2.05, 4.69) is 24.1 Å². The topological polar surface area (TPSA) is 24.5 Å². The summed E-state index contributed by atoms with van der Waals surface area (Å²) in [6.45, 7) is 7.68. The molecule has 1 atom stereocenters. The third-order valence-corrected chi connectivity index (χ3v) is 4.85. The summed E-state index contributed by atoms with van der Waals surface area (Å²) < 4.78 is 19.5. The van der Waals surface area contributed by atoms with E-state index in [-0.39, 0.29) is 17.4 Å². The maximum Gasteiger partial charge on any atom is 0.127 e. The van der Waals surface area contributed by atoms with Gasteiger partial charge in [0.2, 0.25) is 0 Å². The van der Waals surface area contributed by atoms with Gasteiger partial charge in [-0.1, -0.05) is 17.7 Å². The molecule has 1 aromatic carbocycles. The van der Waals surface area contributed by atoms with Gasteiger partial charge in [-0.2, -0.15) is 0 Å². The number of nitrogens with one attached hydrogen (secondary N) is 1. The van der Waals surface area contributed by atoms with E-state index in [4.69, 9.17) is 16.3 Å². The second-order valence-electron chi connectivity index (χ2n) is 6.00. The summed E-state index contributed by atoms with van der Waals surface area (Å²) in [7, 11) is 1.92. The molecule has 1 heterocycles. The minimum atomic E-state index is -0.236. The lowest BCUT2D eigenvalue weighted by Crippen LogP contribution is -2.60. The molecule has 0 amide bonds. The fraction of sp³-hybridized carbons (Fsp3) is 0.625. The lowest BCUT2D eigenvalue weighted by molar-refractivity contribution is -0.0224. The van der Waals surface area contributed by atoms with E-state index < -0.39 is 0 Å². The normalized spacial score (nSPS) is 18.7. The fourth-order valence-electron chi connectivity index (χ4n) is 3.00. The Bertz CT molecular complexity index is 455. The van der Waals surface area contributed by atoms with Gasteiger partial charge in [0.25, 0.3) is 0 Å². The van der Waals surface area contributed by atoms with Gasteiger partial charge < -0.3 is 10.1 Å². The SMILES string of the molecule is CNC(Cc1c(F)cccc1Cl)C(C)(C)N1CCOCC1. The highest BCUT2D eigenvalue weighted by atomic mass is 35.5. The van der Waals surface area contributed by atoms with Gasteiger partial charge in [0.1, 0.15) is 5.82 Å². The zero-order valence-corrected chi connectivity index (χ0v) is 13.7. The molecular weight excluding hydrogens is 291 g/mol. The predicted molar refractivity (Wildman–Crippen MR) is 84.4 cm³/mol. The first-order valence-corrected chi connectivity index (χ1v) is 7.77. The first kappa shape index (κ1) is 16.7. The third-order valence-electron chi connectivity index (χ3n) is 4.50. The minimum absolute atomic E-state index is 0.102. The van der Waals surface area contributed by atoms with Crippen molar-refractivity contribution >= 4 is 11.6 Å². The highest BCUT2D eigenvalue weighted by Crippen LogP contribution is 2.27. The van der Waals surface area contributed by atoms with Crippen molar-refractivity contribution in [1.29, 1.82) is 0 Å². The van der Waals surface area contributed by atoms with Crippen molar-refractivity contribution in [3.05, 3.63) is 34.6 Å². The van der Waals surface area contributed by atoms with Gasteiger partial charge in [0.05, 0.1) is 13.2 Å². The maximum atomic E-state index is 14.0. The van der Waals surface area contributed by atoms with Gasteiger partial charge in [0.15, 0.2) is 0 Å². The Kier molecular flexibility index (Phi) is 5.60. The Morgan fingerprint density at radius 1 is 1.38 bits per heavy atom. The number of likely N-dealkylation sites (N-methyl/N-ethyl adjacent to an activating group) is 1. The number of hydrogen-bond acceptors (Lipinski definition) is 3. The molecule has 0 aromatic heterocycles. The number of nitrogens with zero attached hydrogens (tertiary/aromatic N) is 1. The molecule has 5 heteroatoms. The quantitative estimate of drug-likeness (QED) is 0.904. The van der Waals surface area contributed by atoms with Crippen molar-refractivity contribution in [1.82, 2.24) is 10.2 Å². The maximum absolute atomic E-state index is 14.0. The van der Waals surface area contributed by atoms with Crippen LogP contribution in [0.4, 0.5) is 4.39 Å². The summed E-state index contributed by atoms with van der Waals surface area (Å²) in [5.41, 5.74) is 0.476. The van der Waals surface area contributed by atoms with Gasteiger partial charge in [-0.15, -0.1) is 0 Å². The van der Waals surface area contributed by atoms with Gasteiger partial charge in [-0.25, -0.2) is 4.39 Å². The Labute approximate surface area is 131 Å². The molecule has 0 saturated carbocycles. The lowest BCUT2D eigenvalue weighted by Gasteiger charge is -2.46. The van der Waals surface area contributed by atoms with Crippen LogP contribution in [-0.4, -0.2) is 49.8 Å². The monoisotopic (exact) mass is 314 g/mol. The lowest BCUT2D eigenvalue weighted by atomic mass is 9.87. The number of rotatable bonds is 5. The molecule has 118 valence electrons. The van der Waals surface area contributed by atoms with E-state index in [1.54, 1.807) is 12.1 Å². The summed E-state index contributed by atoms with van der Waals surface area (Å²) in [5.74, 6) is -0.236. The van der Waals surface area contributed by atoms with Crippen molar-refractivity contribution in [3.8, 4) is 0 Å². The van der Waals surface area contributed by atoms with Crippen LogP contribution in [-0.2, 0) is 11.2 Å². The molecule has 1 N–H and O–H groups in total. The molecule has 0 spiro atoms. The number of halogens is 2. The van der Waals surface area contributed by atoms with Crippen LogP contribution in [0.25, 0.3) is 0 Å². The smallest absolute Gasteiger partial charge is 0.127 e. The second-order valence-corrected chi connectivity index (χ2v) is 6.41. The average Bonchev–Trinajstić information content (AvgIpc) is 2.47. The van der Waals surface area contributed by atoms with Crippen LogP contribution >= 0.6 is 11.6 Å². The molecule has 3 nitrogen and oxygen atoms in total. The van der Waals surface area contributed by atoms with Crippen LogP contribution in [0, 0.1) is 5.82 Å². The number of ether oxygens (including phenoxy) is 1. The van der Waals surface area contributed by atoms with Crippen LogP contribution in [0.3, 0.4) is 0 Å². The highest BCUT2D eigenvalue weighted by molar-refractivity contribution is 6.31. The van der Waals surface area contributed by atoms with Crippen LogP contribution in [0.2, 0.25) is 5.02 Å². The first-order chi connectivity index (χ1) is 9.96. The van der Waals surface area contributed by atoms with Gasteiger partial charge in [0, 0.05) is 35.3 Å². The number of morpholine rings is 1. The standard InChI is InChI=1S/C16H24ClFN2O/c1-16(2,20-7-9-21-10-8-20)15(19-3)11-12-13(17)5-4-6-14(12)18/h4-6,15,19H,7-11H2,1-3H3. The van der Waals surface area contributed by atoms with E-state index in [1.165, 1.54) is 6.07 Å². The van der Waals surface area contributed by atoms with Gasteiger partial charge >= 0.3 is 0 Å². The van der Waals surface area contributed by atoms with E-state index in [9.17, 15) is 4.39 Å². The van der Waals surface area contributed by atoms with Crippen molar-refractivity contribution < 1.29 is 9.13 Å². The fourth-order valence-corrected chi connectivity index (χ4v) is 3.24. The molecular formula is C16H24ClFN2O. The van der Waals surface area contributed by atoms with E-state index in [0.29, 0.717) is 17.0 Å². The summed E-state index contributed by atoms with van der Waals surface area (Å²) >= 11 is 6.17. The molecule has 0 bridgehead atoms. The van der Waals surface area contributed by atoms with Crippen molar-refractivity contribution in [2.45, 2.75) is 31.8 Å². The summed E-state index contributed by atoms with van der Waals surface area (Å²) in [6, 6.07) is 4.96. The second kappa shape index (κ2) is 7.05. The molecule has 1 saturated heterocycles. The van der Waals surface area contributed by atoms with Gasteiger partial charge in [-0.3, -0.25) is 4.90 Å². The summed E-state index contributed by atoms with van der Waals surface area (Å²) in [4.78, 5) is 2.40. The minimum Gasteiger partial charge on any atom is -0.379 e. The largest absolute Gasteiger partial charge is 0.379 e. The Morgan fingerprint density at radius 3 is 2.62 bits per heavy atom. The molecule has 1 unspecified atom stereocenters. The molecule has 1 aliphatic rings. The van der Waals surface area contributed by atoms with Crippen molar-refractivity contribution in [2.75, 3.05) is 33.4 Å². The highest BCUT2D eigenvalue weighted by Gasteiger charge is 2.36. The molecule has 0 radical (unpaired) electrons. The Balaban J connectivity index is 2.18.